The van der Waals surface area contributed by atoms with Gasteiger partial charge in [0.25, 0.3) is 5.91 Å². The zero-order valence-electron chi connectivity index (χ0n) is 13.9. The van der Waals surface area contributed by atoms with Crippen molar-refractivity contribution in [3.63, 3.8) is 0 Å². The predicted octanol–water partition coefficient (Wildman–Crippen LogP) is 1.55. The minimum Gasteiger partial charge on any atom is -0.427 e. The Morgan fingerprint density at radius 3 is 2.74 bits per heavy atom. The molecule has 1 atom stereocenters. The minimum atomic E-state index is -0.600. The highest BCUT2D eigenvalue weighted by Gasteiger charge is 2.23. The average molecular weight is 320 g/mol. The number of aryl methyl sites for hydroxylation is 2. The zero-order valence-corrected chi connectivity index (χ0v) is 13.9. The number of carbonyl (C=O) groups is 2. The number of amides is 2. The van der Waals surface area contributed by atoms with Gasteiger partial charge in [-0.05, 0) is 37.3 Å². The van der Waals surface area contributed by atoms with E-state index in [4.69, 9.17) is 4.42 Å². The van der Waals surface area contributed by atoms with Gasteiger partial charge in [-0.3, -0.25) is 9.59 Å². The molecule has 1 unspecified atom stereocenters. The van der Waals surface area contributed by atoms with Crippen molar-refractivity contribution < 1.29 is 14.0 Å². The van der Waals surface area contributed by atoms with Crippen LogP contribution in [-0.4, -0.2) is 24.4 Å². The molecule has 6 nitrogen and oxygen atoms in total. The lowest BCUT2D eigenvalue weighted by molar-refractivity contribution is -0.119. The summed E-state index contributed by atoms with van der Waals surface area (Å²) in [6.07, 6.45) is 2.78. The summed E-state index contributed by atoms with van der Waals surface area (Å²) in [5.74, 6) is 0.674. The Morgan fingerprint density at radius 2 is 2.17 bits per heavy atom. The van der Waals surface area contributed by atoms with Crippen LogP contribution in [0.1, 0.15) is 54.8 Å². The zero-order chi connectivity index (χ0) is 17.0. The number of hydrogen-bond acceptors (Lipinski definition) is 4. The summed E-state index contributed by atoms with van der Waals surface area (Å²) >= 11 is 0. The number of carbonyl (C=O) groups excluding carboxylic acids is 2. The molecule has 0 aromatic carbocycles. The molecule has 0 spiro atoms. The van der Waals surface area contributed by atoms with Gasteiger partial charge in [0, 0.05) is 25.4 Å². The first-order chi connectivity index (χ1) is 10.9. The Hall–Kier alpha value is -2.11. The summed E-state index contributed by atoms with van der Waals surface area (Å²) in [6, 6.07) is 1.69. The van der Waals surface area contributed by atoms with E-state index in [1.54, 1.807) is 13.0 Å². The quantitative estimate of drug-likeness (QED) is 0.832. The molecule has 0 saturated carbocycles. The number of rotatable bonds is 6. The highest BCUT2D eigenvalue weighted by molar-refractivity contribution is 5.95. The van der Waals surface area contributed by atoms with E-state index >= 15 is 0 Å². The van der Waals surface area contributed by atoms with E-state index in [2.05, 4.69) is 24.5 Å². The summed E-state index contributed by atoms with van der Waals surface area (Å²) in [6.45, 7) is 6.27. The molecule has 2 rings (SSSR count). The second kappa shape index (κ2) is 7.44. The van der Waals surface area contributed by atoms with E-state index in [9.17, 15) is 14.4 Å². The van der Waals surface area contributed by atoms with Gasteiger partial charge in [-0.15, -0.1) is 0 Å². The monoisotopic (exact) mass is 320 g/mol. The summed E-state index contributed by atoms with van der Waals surface area (Å²) < 4.78 is 5.26. The van der Waals surface area contributed by atoms with Gasteiger partial charge in [0.05, 0.1) is 0 Å². The van der Waals surface area contributed by atoms with Crippen LogP contribution in [0.3, 0.4) is 0 Å². The standard InChI is InChI=1S/C17H24N2O4/c1-10(2)4-6-13-8-11(3)15(17(22)23-13)16(21)18-9-12-5-7-14(20)19-12/h8,10,12H,4-7,9H2,1-3H3,(H,18,21)(H,19,20). The van der Waals surface area contributed by atoms with Gasteiger partial charge in [-0.1, -0.05) is 13.8 Å². The van der Waals surface area contributed by atoms with E-state index in [1.807, 2.05) is 0 Å². The summed E-state index contributed by atoms with van der Waals surface area (Å²) in [7, 11) is 0. The molecule has 1 aliphatic heterocycles. The molecule has 1 aliphatic rings. The highest BCUT2D eigenvalue weighted by Crippen LogP contribution is 2.12. The first-order valence-electron chi connectivity index (χ1n) is 8.08. The lowest BCUT2D eigenvalue weighted by Crippen LogP contribution is -2.40. The molecule has 0 bridgehead atoms. The van der Waals surface area contributed by atoms with Crippen LogP contribution in [0.25, 0.3) is 0 Å². The Bertz CT molecular complexity index is 648. The van der Waals surface area contributed by atoms with E-state index in [0.717, 1.165) is 6.42 Å². The molecule has 0 aliphatic carbocycles. The van der Waals surface area contributed by atoms with Crippen molar-refractivity contribution in [1.82, 2.24) is 10.6 Å². The Balaban J connectivity index is 2.02. The van der Waals surface area contributed by atoms with Crippen molar-refractivity contribution in [1.29, 1.82) is 0 Å². The van der Waals surface area contributed by atoms with Gasteiger partial charge in [-0.2, -0.15) is 0 Å². The molecule has 1 saturated heterocycles. The van der Waals surface area contributed by atoms with E-state index in [1.165, 1.54) is 0 Å². The van der Waals surface area contributed by atoms with Crippen molar-refractivity contribution in [2.24, 2.45) is 5.92 Å². The smallest absolute Gasteiger partial charge is 0.349 e. The molecule has 126 valence electrons. The molecule has 2 amide bonds. The van der Waals surface area contributed by atoms with Gasteiger partial charge in [0.2, 0.25) is 5.91 Å². The Kier molecular flexibility index (Phi) is 5.58. The molecule has 1 aromatic rings. The minimum absolute atomic E-state index is 0.00514. The third-order valence-corrected chi connectivity index (χ3v) is 3.99. The lowest BCUT2D eigenvalue weighted by Gasteiger charge is -2.12. The average Bonchev–Trinajstić information content (AvgIpc) is 2.88. The topological polar surface area (TPSA) is 88.4 Å². The fourth-order valence-corrected chi connectivity index (χ4v) is 2.63. The van der Waals surface area contributed by atoms with Gasteiger partial charge in [-0.25, -0.2) is 4.79 Å². The molecule has 1 fully saturated rings. The van der Waals surface area contributed by atoms with E-state index in [0.29, 0.717) is 43.0 Å². The second-order valence-electron chi connectivity index (χ2n) is 6.50. The fraction of sp³-hybridized carbons (Fsp3) is 0.588. The highest BCUT2D eigenvalue weighted by atomic mass is 16.4. The van der Waals surface area contributed by atoms with E-state index < -0.39 is 11.5 Å². The van der Waals surface area contributed by atoms with Crippen LogP contribution in [0, 0.1) is 12.8 Å². The predicted molar refractivity (Wildman–Crippen MR) is 86.4 cm³/mol. The molecule has 2 heterocycles. The van der Waals surface area contributed by atoms with Crippen LogP contribution >= 0.6 is 0 Å². The van der Waals surface area contributed by atoms with Crippen LogP contribution in [0.15, 0.2) is 15.3 Å². The van der Waals surface area contributed by atoms with Gasteiger partial charge in [0.1, 0.15) is 11.3 Å². The normalized spacial score (nSPS) is 17.4. The summed E-state index contributed by atoms with van der Waals surface area (Å²) in [5.41, 5.74) is 0.0623. The van der Waals surface area contributed by atoms with Crippen molar-refractivity contribution in [2.45, 2.75) is 52.5 Å². The van der Waals surface area contributed by atoms with Crippen LogP contribution < -0.4 is 16.3 Å². The molecule has 0 radical (unpaired) electrons. The molecular weight excluding hydrogens is 296 g/mol. The Labute approximate surface area is 135 Å². The van der Waals surface area contributed by atoms with Crippen molar-refractivity contribution >= 4 is 11.8 Å². The third-order valence-electron chi connectivity index (χ3n) is 3.99. The molecule has 2 N–H and O–H groups in total. The maximum Gasteiger partial charge on any atom is 0.349 e. The van der Waals surface area contributed by atoms with E-state index in [-0.39, 0.29) is 17.5 Å². The van der Waals surface area contributed by atoms with Crippen LogP contribution in [0.2, 0.25) is 0 Å². The van der Waals surface area contributed by atoms with Gasteiger partial charge < -0.3 is 15.1 Å². The summed E-state index contributed by atoms with van der Waals surface area (Å²) in [4.78, 5) is 35.5. The van der Waals surface area contributed by atoms with Crippen molar-refractivity contribution in [3.05, 3.63) is 33.4 Å². The maximum atomic E-state index is 12.2. The molecule has 23 heavy (non-hydrogen) atoms. The van der Waals surface area contributed by atoms with Crippen molar-refractivity contribution in [3.8, 4) is 0 Å². The van der Waals surface area contributed by atoms with Crippen LogP contribution in [0.4, 0.5) is 0 Å². The molecule has 1 aromatic heterocycles. The second-order valence-corrected chi connectivity index (χ2v) is 6.50. The number of hydrogen-bond donors (Lipinski definition) is 2. The van der Waals surface area contributed by atoms with Crippen molar-refractivity contribution in [2.75, 3.05) is 6.54 Å². The molecule has 6 heteroatoms. The SMILES string of the molecule is Cc1cc(CCC(C)C)oc(=O)c1C(=O)NCC1CCC(=O)N1. The Morgan fingerprint density at radius 1 is 1.43 bits per heavy atom. The van der Waals surface area contributed by atoms with Crippen LogP contribution in [-0.2, 0) is 11.2 Å². The molecular formula is C17H24N2O4. The largest absolute Gasteiger partial charge is 0.427 e. The van der Waals surface area contributed by atoms with Gasteiger partial charge in [0.15, 0.2) is 0 Å². The lowest BCUT2D eigenvalue weighted by atomic mass is 10.0. The fourth-order valence-electron chi connectivity index (χ4n) is 2.63. The van der Waals surface area contributed by atoms with Crippen LogP contribution in [0.5, 0.6) is 0 Å². The first-order valence-corrected chi connectivity index (χ1v) is 8.08. The summed E-state index contributed by atoms with van der Waals surface area (Å²) in [5, 5.41) is 5.47. The van der Waals surface area contributed by atoms with Gasteiger partial charge >= 0.3 is 5.63 Å². The first kappa shape index (κ1) is 17.2. The number of nitrogens with one attached hydrogen (secondary N) is 2. The third kappa shape index (κ3) is 4.68. The maximum absolute atomic E-state index is 12.2.